The van der Waals surface area contributed by atoms with Gasteiger partial charge < -0.3 is 5.73 Å². The van der Waals surface area contributed by atoms with Crippen LogP contribution < -0.4 is 5.73 Å². The second-order valence-corrected chi connectivity index (χ2v) is 5.19. The number of hydrogen-bond acceptors (Lipinski definition) is 3. The Labute approximate surface area is 115 Å². The molecule has 2 aromatic rings. The minimum atomic E-state index is 0.588. The summed E-state index contributed by atoms with van der Waals surface area (Å²) < 4.78 is 2.04. The fraction of sp³-hybridized carbons (Fsp3) is 0.600. The molecule has 4 nitrogen and oxygen atoms in total. The summed E-state index contributed by atoms with van der Waals surface area (Å²) in [5.74, 6) is 0.588. The second kappa shape index (κ2) is 6.55. The predicted octanol–water partition coefficient (Wildman–Crippen LogP) is 3.68. The first-order valence-corrected chi connectivity index (χ1v) is 7.31. The van der Waals surface area contributed by atoms with E-state index in [-0.39, 0.29) is 0 Å². The van der Waals surface area contributed by atoms with E-state index in [4.69, 9.17) is 5.73 Å². The molecule has 0 aliphatic carbocycles. The highest BCUT2D eigenvalue weighted by Gasteiger charge is 2.10. The summed E-state index contributed by atoms with van der Waals surface area (Å²) >= 11 is 0. The van der Waals surface area contributed by atoms with E-state index in [9.17, 15) is 0 Å². The predicted molar refractivity (Wildman–Crippen MR) is 80.1 cm³/mol. The number of rotatable bonds is 7. The molecule has 0 aliphatic rings. The molecule has 0 amide bonds. The number of nitrogens with zero attached hydrogens (tertiary/aromatic N) is 3. The Kier molecular flexibility index (Phi) is 4.77. The number of nitrogens with two attached hydrogens (primary N) is 1. The summed E-state index contributed by atoms with van der Waals surface area (Å²) in [6.45, 7) is 5.21. The molecule has 0 saturated carbocycles. The zero-order valence-electron chi connectivity index (χ0n) is 12.0. The van der Waals surface area contributed by atoms with Crippen LogP contribution in [0, 0.1) is 6.92 Å². The maximum absolute atomic E-state index is 6.00. The molecular weight excluding hydrogens is 236 g/mol. The molecule has 0 spiro atoms. The first-order valence-electron chi connectivity index (χ1n) is 7.31. The van der Waals surface area contributed by atoms with Gasteiger partial charge in [-0.3, -0.25) is 4.57 Å². The second-order valence-electron chi connectivity index (χ2n) is 5.19. The Morgan fingerprint density at radius 2 is 1.89 bits per heavy atom. The molecule has 19 heavy (non-hydrogen) atoms. The summed E-state index contributed by atoms with van der Waals surface area (Å²) in [6, 6.07) is 1.98. The fourth-order valence-corrected chi connectivity index (χ4v) is 2.43. The Morgan fingerprint density at radius 1 is 1.16 bits per heavy atom. The number of aromatic nitrogens is 3. The first-order chi connectivity index (χ1) is 9.24. The van der Waals surface area contributed by atoms with Gasteiger partial charge in [-0.2, -0.15) is 0 Å². The van der Waals surface area contributed by atoms with Gasteiger partial charge >= 0.3 is 0 Å². The highest BCUT2D eigenvalue weighted by atomic mass is 15.2. The van der Waals surface area contributed by atoms with Gasteiger partial charge in [0, 0.05) is 12.7 Å². The van der Waals surface area contributed by atoms with Crippen molar-refractivity contribution < 1.29 is 0 Å². The molecule has 0 aliphatic heterocycles. The maximum atomic E-state index is 6.00. The van der Waals surface area contributed by atoms with Crippen molar-refractivity contribution in [1.82, 2.24) is 14.5 Å². The van der Waals surface area contributed by atoms with Crippen LogP contribution in [0.1, 0.15) is 51.0 Å². The molecule has 4 heteroatoms. The van der Waals surface area contributed by atoms with Gasteiger partial charge in [0.15, 0.2) is 5.65 Å². The first kappa shape index (κ1) is 13.8. The lowest BCUT2D eigenvalue weighted by Gasteiger charge is -2.05. The van der Waals surface area contributed by atoms with Crippen molar-refractivity contribution in [3.8, 4) is 0 Å². The molecule has 104 valence electrons. The molecule has 0 fully saturated rings. The molecule has 0 saturated heterocycles. The molecule has 0 aromatic carbocycles. The zero-order chi connectivity index (χ0) is 13.7. The van der Waals surface area contributed by atoms with Crippen molar-refractivity contribution in [1.29, 1.82) is 0 Å². The lowest BCUT2D eigenvalue weighted by Crippen LogP contribution is -2.04. The van der Waals surface area contributed by atoms with Gasteiger partial charge in [0.2, 0.25) is 5.95 Å². The van der Waals surface area contributed by atoms with E-state index in [0.29, 0.717) is 5.95 Å². The zero-order valence-corrected chi connectivity index (χ0v) is 12.0. The SMILES string of the molecule is CCCCCCCCn1c(N)nc2c(C)ccnc21. The fourth-order valence-electron chi connectivity index (χ4n) is 2.43. The van der Waals surface area contributed by atoms with Crippen LogP contribution in [0.25, 0.3) is 11.2 Å². The van der Waals surface area contributed by atoms with Crippen LogP contribution in [0.4, 0.5) is 5.95 Å². The normalized spacial score (nSPS) is 11.3. The van der Waals surface area contributed by atoms with E-state index in [0.717, 1.165) is 29.7 Å². The van der Waals surface area contributed by atoms with Crippen molar-refractivity contribution in [2.75, 3.05) is 5.73 Å². The van der Waals surface area contributed by atoms with E-state index in [1.54, 1.807) is 0 Å². The average molecular weight is 260 g/mol. The number of imidazole rings is 1. The Morgan fingerprint density at radius 3 is 2.68 bits per heavy atom. The Hall–Kier alpha value is -1.58. The molecule has 0 unspecified atom stereocenters. The van der Waals surface area contributed by atoms with E-state index in [2.05, 4.69) is 16.9 Å². The van der Waals surface area contributed by atoms with Crippen LogP contribution in [-0.2, 0) is 6.54 Å². The summed E-state index contributed by atoms with van der Waals surface area (Å²) in [4.78, 5) is 8.83. The van der Waals surface area contributed by atoms with E-state index < -0.39 is 0 Å². The van der Waals surface area contributed by atoms with Crippen LogP contribution >= 0.6 is 0 Å². The van der Waals surface area contributed by atoms with Crippen LogP contribution in [0.2, 0.25) is 0 Å². The van der Waals surface area contributed by atoms with Crippen molar-refractivity contribution in [3.63, 3.8) is 0 Å². The number of anilines is 1. The van der Waals surface area contributed by atoms with Gasteiger partial charge in [-0.25, -0.2) is 9.97 Å². The summed E-state index contributed by atoms with van der Waals surface area (Å²) in [5.41, 5.74) is 8.99. The molecule has 2 rings (SSSR count). The highest BCUT2D eigenvalue weighted by Crippen LogP contribution is 2.19. The number of fused-ring (bicyclic) bond motifs is 1. The third-order valence-electron chi connectivity index (χ3n) is 3.60. The van der Waals surface area contributed by atoms with Gasteiger partial charge in [-0.15, -0.1) is 0 Å². The van der Waals surface area contributed by atoms with Crippen molar-refractivity contribution in [2.45, 2.75) is 58.9 Å². The van der Waals surface area contributed by atoms with E-state index >= 15 is 0 Å². The van der Waals surface area contributed by atoms with Crippen molar-refractivity contribution in [2.24, 2.45) is 0 Å². The summed E-state index contributed by atoms with van der Waals surface area (Å²) in [7, 11) is 0. The quantitative estimate of drug-likeness (QED) is 0.772. The van der Waals surface area contributed by atoms with Crippen molar-refractivity contribution in [3.05, 3.63) is 17.8 Å². The summed E-state index contributed by atoms with van der Waals surface area (Å²) in [5, 5.41) is 0. The maximum Gasteiger partial charge on any atom is 0.202 e. The number of aryl methyl sites for hydroxylation is 2. The minimum Gasteiger partial charge on any atom is -0.369 e. The van der Waals surface area contributed by atoms with Crippen LogP contribution in [-0.4, -0.2) is 14.5 Å². The Balaban J connectivity index is 1.97. The van der Waals surface area contributed by atoms with Gasteiger partial charge in [-0.05, 0) is 25.0 Å². The minimum absolute atomic E-state index is 0.588. The molecular formula is C15H24N4. The lowest BCUT2D eigenvalue weighted by molar-refractivity contribution is 0.565. The van der Waals surface area contributed by atoms with Gasteiger partial charge in [-0.1, -0.05) is 39.0 Å². The number of unbranched alkanes of at least 4 members (excludes halogenated alkanes) is 5. The number of nitrogen functional groups attached to an aromatic ring is 1. The van der Waals surface area contributed by atoms with Crippen LogP contribution in [0.5, 0.6) is 0 Å². The lowest BCUT2D eigenvalue weighted by atomic mass is 10.1. The van der Waals surface area contributed by atoms with E-state index in [1.165, 1.54) is 32.1 Å². The molecule has 0 radical (unpaired) electrons. The largest absolute Gasteiger partial charge is 0.369 e. The van der Waals surface area contributed by atoms with Crippen LogP contribution in [0.15, 0.2) is 12.3 Å². The van der Waals surface area contributed by atoms with Gasteiger partial charge in [0.25, 0.3) is 0 Å². The van der Waals surface area contributed by atoms with Crippen molar-refractivity contribution >= 4 is 17.1 Å². The standard InChI is InChI=1S/C15H24N4/c1-3-4-5-6-7-8-11-19-14-13(18-15(19)16)12(2)9-10-17-14/h9-10H,3-8,11H2,1-2H3,(H2,16,18). The molecule has 2 heterocycles. The smallest absolute Gasteiger partial charge is 0.202 e. The van der Waals surface area contributed by atoms with E-state index in [1.807, 2.05) is 23.8 Å². The molecule has 2 N–H and O–H groups in total. The number of pyridine rings is 1. The summed E-state index contributed by atoms with van der Waals surface area (Å²) in [6.07, 6.45) is 9.52. The van der Waals surface area contributed by atoms with Gasteiger partial charge in [0.1, 0.15) is 5.52 Å². The molecule has 2 aromatic heterocycles. The third kappa shape index (κ3) is 3.25. The molecule has 0 bridgehead atoms. The average Bonchev–Trinajstić information content (AvgIpc) is 2.72. The topological polar surface area (TPSA) is 56.7 Å². The monoisotopic (exact) mass is 260 g/mol. The number of hydrogen-bond donors (Lipinski definition) is 1. The highest BCUT2D eigenvalue weighted by molar-refractivity contribution is 5.77. The van der Waals surface area contributed by atoms with Gasteiger partial charge in [0.05, 0.1) is 0 Å². The molecule has 0 atom stereocenters. The van der Waals surface area contributed by atoms with Crippen LogP contribution in [0.3, 0.4) is 0 Å². The third-order valence-corrected chi connectivity index (χ3v) is 3.60. The Bertz CT molecular complexity index is 530.